The maximum absolute atomic E-state index is 12.2. The Bertz CT molecular complexity index is 629. The largest absolute Gasteiger partial charge is 0.484 e. The van der Waals surface area contributed by atoms with Crippen LogP contribution in [0.15, 0.2) is 34.7 Å². The lowest BCUT2D eigenvalue weighted by atomic mass is 10.2. The summed E-state index contributed by atoms with van der Waals surface area (Å²) in [6.07, 6.45) is -0.379. The average molecular weight is 303 g/mol. The molecule has 0 bridgehead atoms. The van der Waals surface area contributed by atoms with E-state index in [1.807, 2.05) is 30.3 Å². The van der Waals surface area contributed by atoms with E-state index < -0.39 is 0 Å². The Morgan fingerprint density at radius 1 is 1.36 bits per heavy atom. The zero-order valence-electron chi connectivity index (χ0n) is 12.3. The second kappa shape index (κ2) is 6.57. The molecule has 0 saturated carbocycles. The van der Waals surface area contributed by atoms with E-state index in [9.17, 15) is 4.79 Å². The summed E-state index contributed by atoms with van der Waals surface area (Å²) in [4.78, 5) is 13.9. The summed E-state index contributed by atoms with van der Waals surface area (Å²) in [5.74, 6) is 1.47. The molecule has 1 unspecified atom stereocenters. The van der Waals surface area contributed by atoms with E-state index in [0.717, 1.165) is 0 Å². The fraction of sp³-hybridized carbons (Fsp3) is 0.400. The van der Waals surface area contributed by atoms with Crippen LogP contribution in [0.3, 0.4) is 0 Å². The van der Waals surface area contributed by atoms with Crippen molar-refractivity contribution in [2.45, 2.75) is 13.0 Å². The van der Waals surface area contributed by atoms with Gasteiger partial charge in [-0.3, -0.25) is 4.79 Å². The molecule has 1 aromatic carbocycles. The van der Waals surface area contributed by atoms with Crippen LogP contribution in [0.2, 0.25) is 0 Å². The number of hydrogen-bond acceptors (Lipinski definition) is 6. The third-order valence-electron chi connectivity index (χ3n) is 3.34. The highest BCUT2D eigenvalue weighted by Gasteiger charge is 2.29. The average Bonchev–Trinajstić information content (AvgIpc) is 3.00. The molecule has 0 N–H and O–H groups in total. The Balaban J connectivity index is 1.56. The summed E-state index contributed by atoms with van der Waals surface area (Å²) in [7, 11) is 0. The molecule has 1 atom stereocenters. The van der Waals surface area contributed by atoms with Gasteiger partial charge >= 0.3 is 0 Å². The lowest BCUT2D eigenvalue weighted by Gasteiger charge is -2.31. The van der Waals surface area contributed by atoms with Gasteiger partial charge in [0.15, 0.2) is 12.7 Å². The van der Waals surface area contributed by atoms with Crippen molar-refractivity contribution in [1.82, 2.24) is 15.1 Å². The van der Waals surface area contributed by atoms with Gasteiger partial charge < -0.3 is 18.8 Å². The van der Waals surface area contributed by atoms with Crippen LogP contribution in [0.25, 0.3) is 0 Å². The number of amides is 1. The number of aryl methyl sites for hydroxylation is 1. The highest BCUT2D eigenvalue weighted by atomic mass is 16.5. The first-order valence-corrected chi connectivity index (χ1v) is 7.09. The van der Waals surface area contributed by atoms with Crippen LogP contribution in [0, 0.1) is 6.92 Å². The molecule has 1 aliphatic heterocycles. The molecule has 1 amide bonds. The second-order valence-corrected chi connectivity index (χ2v) is 4.96. The summed E-state index contributed by atoms with van der Waals surface area (Å²) < 4.78 is 16.4. The number of benzene rings is 1. The first kappa shape index (κ1) is 14.5. The van der Waals surface area contributed by atoms with Crippen molar-refractivity contribution in [2.24, 2.45) is 0 Å². The molecule has 7 nitrogen and oxygen atoms in total. The minimum absolute atomic E-state index is 0.000402. The highest BCUT2D eigenvalue weighted by Crippen LogP contribution is 2.21. The van der Waals surface area contributed by atoms with Gasteiger partial charge in [0.2, 0.25) is 11.8 Å². The highest BCUT2D eigenvalue weighted by molar-refractivity contribution is 5.77. The predicted molar refractivity (Wildman–Crippen MR) is 76.2 cm³/mol. The summed E-state index contributed by atoms with van der Waals surface area (Å²) in [5, 5.41) is 7.73. The van der Waals surface area contributed by atoms with Crippen molar-refractivity contribution in [3.8, 4) is 5.75 Å². The molecule has 1 saturated heterocycles. The minimum atomic E-state index is -0.379. The number of hydrogen-bond donors (Lipinski definition) is 0. The molecule has 1 fully saturated rings. The van der Waals surface area contributed by atoms with Crippen LogP contribution in [0.5, 0.6) is 5.75 Å². The van der Waals surface area contributed by atoms with Crippen molar-refractivity contribution >= 4 is 5.91 Å². The van der Waals surface area contributed by atoms with E-state index in [1.165, 1.54) is 0 Å². The number of aromatic nitrogens is 2. The van der Waals surface area contributed by atoms with E-state index in [0.29, 0.717) is 37.2 Å². The molecule has 116 valence electrons. The number of carbonyl (C=O) groups is 1. The Kier molecular flexibility index (Phi) is 4.34. The number of rotatable bonds is 4. The predicted octanol–water partition coefficient (Wildman–Crippen LogP) is 1.36. The topological polar surface area (TPSA) is 77.7 Å². The van der Waals surface area contributed by atoms with Gasteiger partial charge in [-0.2, -0.15) is 0 Å². The van der Waals surface area contributed by atoms with Gasteiger partial charge in [0.05, 0.1) is 13.2 Å². The second-order valence-electron chi connectivity index (χ2n) is 4.96. The molecule has 7 heteroatoms. The van der Waals surface area contributed by atoms with Crippen molar-refractivity contribution in [3.05, 3.63) is 42.1 Å². The lowest BCUT2D eigenvalue weighted by Crippen LogP contribution is -2.44. The minimum Gasteiger partial charge on any atom is -0.484 e. The molecule has 2 aromatic rings. The summed E-state index contributed by atoms with van der Waals surface area (Å²) >= 11 is 0. The van der Waals surface area contributed by atoms with Crippen molar-refractivity contribution in [2.75, 3.05) is 26.3 Å². The number of morpholine rings is 1. The van der Waals surface area contributed by atoms with Crippen LogP contribution in [-0.2, 0) is 9.53 Å². The Hall–Kier alpha value is -2.41. The molecular formula is C15H17N3O4. The third kappa shape index (κ3) is 3.43. The van der Waals surface area contributed by atoms with Gasteiger partial charge in [0.25, 0.3) is 5.91 Å². The van der Waals surface area contributed by atoms with E-state index in [2.05, 4.69) is 10.2 Å². The van der Waals surface area contributed by atoms with Gasteiger partial charge in [0, 0.05) is 13.5 Å². The molecule has 3 rings (SSSR count). The lowest BCUT2D eigenvalue weighted by molar-refractivity contribution is -0.142. The standard InChI is InChI=1S/C15H17N3O4/c1-11-16-17-15(22-11)13-9-18(7-8-20-13)14(19)10-21-12-5-3-2-4-6-12/h2-6,13H,7-10H2,1H3. The fourth-order valence-corrected chi connectivity index (χ4v) is 2.22. The third-order valence-corrected chi connectivity index (χ3v) is 3.34. The van der Waals surface area contributed by atoms with Gasteiger partial charge in [0.1, 0.15) is 5.75 Å². The smallest absolute Gasteiger partial charge is 0.260 e. The van der Waals surface area contributed by atoms with Crippen LogP contribution in [0.4, 0.5) is 0 Å². The van der Waals surface area contributed by atoms with Crippen molar-refractivity contribution in [1.29, 1.82) is 0 Å². The van der Waals surface area contributed by atoms with Gasteiger partial charge in [-0.1, -0.05) is 18.2 Å². The molecule has 1 aliphatic rings. The van der Waals surface area contributed by atoms with Crippen LogP contribution < -0.4 is 4.74 Å². The zero-order valence-corrected chi connectivity index (χ0v) is 12.3. The number of nitrogens with zero attached hydrogens (tertiary/aromatic N) is 3. The maximum Gasteiger partial charge on any atom is 0.260 e. The van der Waals surface area contributed by atoms with Crippen molar-refractivity contribution < 1.29 is 18.7 Å². The summed E-state index contributed by atoms with van der Waals surface area (Å²) in [6.45, 7) is 3.07. The monoisotopic (exact) mass is 303 g/mol. The van der Waals surface area contributed by atoms with Gasteiger partial charge in [-0.15, -0.1) is 10.2 Å². The van der Waals surface area contributed by atoms with Crippen LogP contribution in [-0.4, -0.2) is 47.3 Å². The number of ether oxygens (including phenoxy) is 2. The van der Waals surface area contributed by atoms with Gasteiger partial charge in [-0.25, -0.2) is 0 Å². The van der Waals surface area contributed by atoms with Crippen LogP contribution in [0.1, 0.15) is 17.9 Å². The fourth-order valence-electron chi connectivity index (χ4n) is 2.22. The molecule has 22 heavy (non-hydrogen) atoms. The van der Waals surface area contributed by atoms with Crippen LogP contribution >= 0.6 is 0 Å². The SMILES string of the molecule is Cc1nnc(C2CN(C(=O)COc3ccccc3)CCO2)o1. The normalized spacial score (nSPS) is 18.2. The Morgan fingerprint density at radius 3 is 2.91 bits per heavy atom. The molecule has 1 aromatic heterocycles. The molecule has 0 aliphatic carbocycles. The first-order chi connectivity index (χ1) is 10.7. The zero-order chi connectivity index (χ0) is 15.4. The van der Waals surface area contributed by atoms with E-state index in [-0.39, 0.29) is 18.6 Å². The maximum atomic E-state index is 12.2. The first-order valence-electron chi connectivity index (χ1n) is 7.09. The van der Waals surface area contributed by atoms with Gasteiger partial charge in [-0.05, 0) is 12.1 Å². The molecule has 0 radical (unpaired) electrons. The van der Waals surface area contributed by atoms with E-state index >= 15 is 0 Å². The Labute approximate surface area is 127 Å². The summed E-state index contributed by atoms with van der Waals surface area (Å²) in [5.41, 5.74) is 0. The van der Waals surface area contributed by atoms with E-state index in [4.69, 9.17) is 13.9 Å². The molecular weight excluding hydrogens is 286 g/mol. The Morgan fingerprint density at radius 2 is 2.18 bits per heavy atom. The number of para-hydroxylation sites is 1. The van der Waals surface area contributed by atoms with E-state index in [1.54, 1.807) is 11.8 Å². The quantitative estimate of drug-likeness (QED) is 0.848. The summed E-state index contributed by atoms with van der Waals surface area (Å²) in [6, 6.07) is 9.26. The molecule has 2 heterocycles. The van der Waals surface area contributed by atoms with Crippen molar-refractivity contribution in [3.63, 3.8) is 0 Å². The number of carbonyl (C=O) groups excluding carboxylic acids is 1. The molecule has 0 spiro atoms.